The van der Waals surface area contributed by atoms with E-state index in [1.165, 1.54) is 12.1 Å². The number of aryl methyl sites for hydroxylation is 3. The predicted octanol–water partition coefficient (Wildman–Crippen LogP) is 2.36. The zero-order chi connectivity index (χ0) is 13.0. The molecule has 2 rings (SSSR count). The Labute approximate surface area is 113 Å². The number of rotatable bonds is 5. The molecule has 1 aromatic heterocycles. The molecule has 0 radical (unpaired) electrons. The van der Waals surface area contributed by atoms with E-state index in [9.17, 15) is 0 Å². The molecule has 0 aliphatic carbocycles. The molecule has 1 aliphatic rings. The summed E-state index contributed by atoms with van der Waals surface area (Å²) in [7, 11) is 0. The molecule has 2 heterocycles. The molecule has 5 heteroatoms. The molecule has 1 aromatic rings. The molecule has 1 unspecified atom stereocenters. The van der Waals surface area contributed by atoms with Gasteiger partial charge in [0, 0.05) is 24.0 Å². The first-order valence-electron chi connectivity index (χ1n) is 6.65. The molecule has 1 atom stereocenters. The van der Waals surface area contributed by atoms with Gasteiger partial charge in [0.15, 0.2) is 5.17 Å². The fourth-order valence-corrected chi connectivity index (χ4v) is 3.02. The van der Waals surface area contributed by atoms with Crippen molar-refractivity contribution in [3.05, 3.63) is 17.5 Å². The van der Waals surface area contributed by atoms with Crippen molar-refractivity contribution in [1.82, 2.24) is 15.1 Å². The Morgan fingerprint density at radius 3 is 2.94 bits per heavy atom. The summed E-state index contributed by atoms with van der Waals surface area (Å²) in [5, 5.41) is 9.68. The van der Waals surface area contributed by atoms with E-state index in [-0.39, 0.29) is 0 Å². The van der Waals surface area contributed by atoms with E-state index in [2.05, 4.69) is 40.0 Å². The van der Waals surface area contributed by atoms with Crippen molar-refractivity contribution in [3.8, 4) is 0 Å². The monoisotopic (exact) mass is 266 g/mol. The Bertz CT molecular complexity index is 425. The second-order valence-electron chi connectivity index (χ2n) is 4.72. The molecule has 4 nitrogen and oxygen atoms in total. The van der Waals surface area contributed by atoms with Gasteiger partial charge >= 0.3 is 0 Å². The van der Waals surface area contributed by atoms with E-state index >= 15 is 0 Å². The lowest BCUT2D eigenvalue weighted by molar-refractivity contribution is 0.558. The number of amidine groups is 1. The summed E-state index contributed by atoms with van der Waals surface area (Å²) in [5.74, 6) is 0. The average molecular weight is 266 g/mol. The second kappa shape index (κ2) is 6.27. The van der Waals surface area contributed by atoms with Crippen LogP contribution in [-0.2, 0) is 6.54 Å². The molecular formula is C13H22N4S. The third-order valence-electron chi connectivity index (χ3n) is 3.10. The Morgan fingerprint density at radius 1 is 1.50 bits per heavy atom. The number of thioether (sulfide) groups is 1. The summed E-state index contributed by atoms with van der Waals surface area (Å²) < 4.78 is 2.08. The van der Waals surface area contributed by atoms with Crippen LogP contribution in [0.1, 0.15) is 31.2 Å². The van der Waals surface area contributed by atoms with Crippen LogP contribution in [0.15, 0.2) is 11.1 Å². The van der Waals surface area contributed by atoms with Gasteiger partial charge in [-0.05, 0) is 32.8 Å². The average Bonchev–Trinajstić information content (AvgIpc) is 2.92. The molecule has 0 amide bonds. The van der Waals surface area contributed by atoms with Gasteiger partial charge in [-0.2, -0.15) is 5.10 Å². The van der Waals surface area contributed by atoms with Gasteiger partial charge in [0.1, 0.15) is 0 Å². The molecule has 1 N–H and O–H groups in total. The smallest absolute Gasteiger partial charge is 0.156 e. The van der Waals surface area contributed by atoms with Gasteiger partial charge in [-0.1, -0.05) is 18.7 Å². The third kappa shape index (κ3) is 3.51. The van der Waals surface area contributed by atoms with E-state index in [0.29, 0.717) is 5.25 Å². The van der Waals surface area contributed by atoms with E-state index in [1.54, 1.807) is 0 Å². The summed E-state index contributed by atoms with van der Waals surface area (Å²) in [5.41, 5.74) is 2.34. The predicted molar refractivity (Wildman–Crippen MR) is 78.3 cm³/mol. The SMILES string of the molecule is CCC1CN=C(NCCCn2nc(C)cc2C)S1. The van der Waals surface area contributed by atoms with Crippen LogP contribution in [0.25, 0.3) is 0 Å². The summed E-state index contributed by atoms with van der Waals surface area (Å²) in [6, 6.07) is 2.12. The Balaban J connectivity index is 1.66. The number of hydrogen-bond acceptors (Lipinski definition) is 4. The van der Waals surface area contributed by atoms with Crippen LogP contribution in [-0.4, -0.2) is 33.3 Å². The molecule has 0 saturated carbocycles. The third-order valence-corrected chi connectivity index (χ3v) is 4.41. The number of nitrogens with zero attached hydrogens (tertiary/aromatic N) is 3. The van der Waals surface area contributed by atoms with Crippen molar-refractivity contribution in [3.63, 3.8) is 0 Å². The maximum absolute atomic E-state index is 4.50. The van der Waals surface area contributed by atoms with Gasteiger partial charge in [-0.15, -0.1) is 0 Å². The lowest BCUT2D eigenvalue weighted by Gasteiger charge is -2.08. The van der Waals surface area contributed by atoms with Crippen molar-refractivity contribution in [2.75, 3.05) is 13.1 Å². The molecule has 0 aromatic carbocycles. The molecule has 1 aliphatic heterocycles. The highest BCUT2D eigenvalue weighted by Crippen LogP contribution is 2.21. The van der Waals surface area contributed by atoms with E-state index in [4.69, 9.17) is 0 Å². The Kier molecular flexibility index (Phi) is 4.69. The summed E-state index contributed by atoms with van der Waals surface area (Å²) in [6.07, 6.45) is 2.28. The lowest BCUT2D eigenvalue weighted by atomic mass is 10.3. The summed E-state index contributed by atoms with van der Waals surface area (Å²) >= 11 is 1.88. The van der Waals surface area contributed by atoms with Crippen LogP contribution >= 0.6 is 11.8 Å². The fourth-order valence-electron chi connectivity index (χ4n) is 2.05. The van der Waals surface area contributed by atoms with Crippen LogP contribution in [0.4, 0.5) is 0 Å². The second-order valence-corrected chi connectivity index (χ2v) is 6.01. The van der Waals surface area contributed by atoms with Crippen LogP contribution in [0, 0.1) is 13.8 Å². The maximum atomic E-state index is 4.50. The number of aliphatic imine (C=N–C) groups is 1. The largest absolute Gasteiger partial charge is 0.365 e. The quantitative estimate of drug-likeness (QED) is 0.832. The highest BCUT2D eigenvalue weighted by atomic mass is 32.2. The standard InChI is InChI=1S/C13H22N4S/c1-4-12-9-15-13(18-12)14-6-5-7-17-11(3)8-10(2)16-17/h8,12H,4-7,9H2,1-3H3,(H,14,15). The highest BCUT2D eigenvalue weighted by Gasteiger charge is 2.16. The zero-order valence-electron chi connectivity index (χ0n) is 11.4. The van der Waals surface area contributed by atoms with Crippen molar-refractivity contribution in [2.45, 2.75) is 45.4 Å². The topological polar surface area (TPSA) is 42.2 Å². The maximum Gasteiger partial charge on any atom is 0.156 e. The van der Waals surface area contributed by atoms with Gasteiger partial charge in [-0.25, -0.2) is 0 Å². The fraction of sp³-hybridized carbons (Fsp3) is 0.692. The van der Waals surface area contributed by atoms with E-state index in [1.807, 2.05) is 18.7 Å². The number of aromatic nitrogens is 2. The van der Waals surface area contributed by atoms with Crippen LogP contribution < -0.4 is 5.32 Å². The minimum Gasteiger partial charge on any atom is -0.365 e. The molecule has 18 heavy (non-hydrogen) atoms. The van der Waals surface area contributed by atoms with Gasteiger partial charge in [0.2, 0.25) is 0 Å². The van der Waals surface area contributed by atoms with Gasteiger partial charge in [0.05, 0.1) is 12.2 Å². The lowest BCUT2D eigenvalue weighted by Crippen LogP contribution is -2.22. The summed E-state index contributed by atoms with van der Waals surface area (Å²) in [6.45, 7) is 9.29. The number of nitrogens with one attached hydrogen (secondary N) is 1. The normalized spacial score (nSPS) is 19.1. The van der Waals surface area contributed by atoms with Crippen molar-refractivity contribution in [2.24, 2.45) is 4.99 Å². The van der Waals surface area contributed by atoms with Crippen molar-refractivity contribution < 1.29 is 0 Å². The van der Waals surface area contributed by atoms with Crippen LogP contribution in [0.5, 0.6) is 0 Å². The zero-order valence-corrected chi connectivity index (χ0v) is 12.3. The first kappa shape index (κ1) is 13.5. The van der Waals surface area contributed by atoms with E-state index in [0.717, 1.165) is 36.9 Å². The first-order chi connectivity index (χ1) is 8.69. The van der Waals surface area contributed by atoms with Gasteiger partial charge in [-0.3, -0.25) is 9.67 Å². The van der Waals surface area contributed by atoms with Crippen LogP contribution in [0.2, 0.25) is 0 Å². The Hall–Kier alpha value is -0.970. The molecule has 0 spiro atoms. The molecule has 100 valence electrons. The van der Waals surface area contributed by atoms with Crippen molar-refractivity contribution in [1.29, 1.82) is 0 Å². The summed E-state index contributed by atoms with van der Waals surface area (Å²) in [4.78, 5) is 4.50. The minimum atomic E-state index is 0.684. The molecule has 0 fully saturated rings. The highest BCUT2D eigenvalue weighted by molar-refractivity contribution is 8.14. The van der Waals surface area contributed by atoms with Gasteiger partial charge < -0.3 is 5.32 Å². The van der Waals surface area contributed by atoms with Gasteiger partial charge in [0.25, 0.3) is 0 Å². The Morgan fingerprint density at radius 2 is 2.33 bits per heavy atom. The molecule has 0 saturated heterocycles. The number of hydrogen-bond donors (Lipinski definition) is 1. The molecule has 0 bridgehead atoms. The first-order valence-corrected chi connectivity index (χ1v) is 7.53. The van der Waals surface area contributed by atoms with E-state index < -0.39 is 0 Å². The molecular weight excluding hydrogens is 244 g/mol. The van der Waals surface area contributed by atoms with Crippen LogP contribution in [0.3, 0.4) is 0 Å². The van der Waals surface area contributed by atoms with Crippen molar-refractivity contribution >= 4 is 16.9 Å². The minimum absolute atomic E-state index is 0.684.